The molecule has 8 nitrogen and oxygen atoms in total. The molecule has 1 aromatic rings. The van der Waals surface area contributed by atoms with Gasteiger partial charge < -0.3 is 20.1 Å². The fourth-order valence-corrected chi connectivity index (χ4v) is 2.15. The van der Waals surface area contributed by atoms with Crippen LogP contribution in [0.25, 0.3) is 0 Å². The molecule has 20 heavy (non-hydrogen) atoms. The molecule has 1 aromatic heterocycles. The molecule has 1 fully saturated rings. The quantitative estimate of drug-likeness (QED) is 0.491. The van der Waals surface area contributed by atoms with Crippen molar-refractivity contribution in [1.82, 2.24) is 9.55 Å². The lowest BCUT2D eigenvalue weighted by molar-refractivity contribution is -0.223. The SMILES string of the molecule is O=c1ccn([C@]2(C(F)F)O[C@H](CO)[C@@H](O)[C@H]2O)c(=O)[nH]1. The fraction of sp³-hybridized carbons (Fsp3) is 0.600. The number of aliphatic hydroxyl groups excluding tert-OH is 3. The van der Waals surface area contributed by atoms with E-state index in [1.807, 2.05) is 0 Å². The highest BCUT2D eigenvalue weighted by Gasteiger charge is 2.61. The summed E-state index contributed by atoms with van der Waals surface area (Å²) in [5.74, 6) is 0. The Morgan fingerprint density at radius 1 is 1.45 bits per heavy atom. The Labute approximate surface area is 109 Å². The number of nitrogens with one attached hydrogen (secondary N) is 1. The molecule has 0 bridgehead atoms. The number of ether oxygens (including phenoxy) is 1. The third-order valence-electron chi connectivity index (χ3n) is 3.16. The summed E-state index contributed by atoms with van der Waals surface area (Å²) in [4.78, 5) is 24.3. The summed E-state index contributed by atoms with van der Waals surface area (Å²) >= 11 is 0. The largest absolute Gasteiger partial charge is 0.394 e. The minimum atomic E-state index is -3.40. The van der Waals surface area contributed by atoms with Gasteiger partial charge in [-0.15, -0.1) is 0 Å². The van der Waals surface area contributed by atoms with E-state index in [1.165, 1.54) is 0 Å². The minimum Gasteiger partial charge on any atom is -0.394 e. The van der Waals surface area contributed by atoms with Crippen molar-refractivity contribution in [3.05, 3.63) is 33.1 Å². The van der Waals surface area contributed by atoms with E-state index in [2.05, 4.69) is 0 Å². The van der Waals surface area contributed by atoms with Gasteiger partial charge in [-0.3, -0.25) is 14.3 Å². The van der Waals surface area contributed by atoms with Gasteiger partial charge in [0.25, 0.3) is 12.0 Å². The summed E-state index contributed by atoms with van der Waals surface area (Å²) in [6.45, 7) is -0.829. The van der Waals surface area contributed by atoms with Gasteiger partial charge in [0.1, 0.15) is 18.3 Å². The van der Waals surface area contributed by atoms with E-state index in [0.717, 1.165) is 12.3 Å². The number of aliphatic hydroxyl groups is 3. The number of H-pyrrole nitrogens is 1. The second-order valence-electron chi connectivity index (χ2n) is 4.31. The van der Waals surface area contributed by atoms with Gasteiger partial charge in [0.15, 0.2) is 0 Å². The summed E-state index contributed by atoms with van der Waals surface area (Å²) in [6, 6.07) is 0.792. The first-order chi connectivity index (χ1) is 9.34. The number of hydrogen-bond donors (Lipinski definition) is 4. The monoisotopic (exact) mass is 294 g/mol. The van der Waals surface area contributed by atoms with Gasteiger partial charge in [-0.1, -0.05) is 0 Å². The van der Waals surface area contributed by atoms with Crippen molar-refractivity contribution in [3.8, 4) is 0 Å². The summed E-state index contributed by atoms with van der Waals surface area (Å²) in [5, 5.41) is 28.3. The molecule has 0 saturated carbocycles. The number of aromatic amines is 1. The number of halogens is 2. The number of aromatic nitrogens is 2. The van der Waals surface area contributed by atoms with Crippen LogP contribution in [0.2, 0.25) is 0 Å². The fourth-order valence-electron chi connectivity index (χ4n) is 2.15. The first kappa shape index (κ1) is 14.8. The Kier molecular flexibility index (Phi) is 3.73. The molecule has 0 amide bonds. The molecule has 1 saturated heterocycles. The van der Waals surface area contributed by atoms with E-state index in [0.29, 0.717) is 4.57 Å². The van der Waals surface area contributed by atoms with Crippen LogP contribution in [0.15, 0.2) is 21.9 Å². The van der Waals surface area contributed by atoms with Gasteiger partial charge in [-0.25, -0.2) is 13.6 Å². The predicted octanol–water partition coefficient (Wildman–Crippen LogP) is -2.43. The number of nitrogens with zero attached hydrogens (tertiary/aromatic N) is 1. The Morgan fingerprint density at radius 3 is 2.55 bits per heavy atom. The lowest BCUT2D eigenvalue weighted by atomic mass is 10.0. The Bertz CT molecular complexity index is 602. The topological polar surface area (TPSA) is 125 Å². The van der Waals surface area contributed by atoms with Crippen LogP contribution < -0.4 is 11.2 Å². The van der Waals surface area contributed by atoms with Crippen molar-refractivity contribution in [2.75, 3.05) is 6.61 Å². The molecule has 1 aliphatic rings. The Hall–Kier alpha value is -1.62. The smallest absolute Gasteiger partial charge is 0.330 e. The van der Waals surface area contributed by atoms with Crippen LogP contribution in [0.3, 0.4) is 0 Å². The third-order valence-corrected chi connectivity index (χ3v) is 3.16. The van der Waals surface area contributed by atoms with Crippen LogP contribution in [0, 0.1) is 0 Å². The lowest BCUT2D eigenvalue weighted by Gasteiger charge is -2.32. The molecule has 0 aromatic carbocycles. The van der Waals surface area contributed by atoms with E-state index in [1.54, 1.807) is 4.98 Å². The molecular weight excluding hydrogens is 282 g/mol. The van der Waals surface area contributed by atoms with Gasteiger partial charge in [-0.05, 0) is 0 Å². The zero-order chi connectivity index (χ0) is 15.1. The van der Waals surface area contributed by atoms with E-state index in [-0.39, 0.29) is 0 Å². The number of rotatable bonds is 3. The lowest BCUT2D eigenvalue weighted by Crippen LogP contribution is -2.56. The van der Waals surface area contributed by atoms with Gasteiger partial charge in [0.2, 0.25) is 5.72 Å². The van der Waals surface area contributed by atoms with Gasteiger partial charge in [-0.2, -0.15) is 0 Å². The third kappa shape index (κ3) is 1.97. The minimum absolute atomic E-state index is 0.294. The molecule has 0 aliphatic carbocycles. The molecule has 0 radical (unpaired) electrons. The average Bonchev–Trinajstić information content (AvgIpc) is 2.64. The standard InChI is InChI=1S/C10H12F2N2O6/c11-8(12)10(7(18)6(17)4(3-15)20-10)14-2-1-5(16)13-9(14)19/h1-2,4,6-8,15,17-18H,3H2,(H,13,16,19)/t4-,6-,7-,10+/m1/s1. The van der Waals surface area contributed by atoms with Gasteiger partial charge in [0, 0.05) is 12.3 Å². The molecule has 2 heterocycles. The summed E-state index contributed by atoms with van der Waals surface area (Å²) in [6.07, 6.45) is -8.13. The van der Waals surface area contributed by atoms with Crippen molar-refractivity contribution >= 4 is 0 Å². The van der Waals surface area contributed by atoms with Crippen LogP contribution in [0.5, 0.6) is 0 Å². The van der Waals surface area contributed by atoms with Crippen LogP contribution >= 0.6 is 0 Å². The highest BCUT2D eigenvalue weighted by molar-refractivity contribution is 5.03. The second-order valence-corrected chi connectivity index (χ2v) is 4.31. The Balaban J connectivity index is 2.62. The molecular formula is C10H12F2N2O6. The van der Waals surface area contributed by atoms with Crippen LogP contribution in [0.4, 0.5) is 8.78 Å². The first-order valence-electron chi connectivity index (χ1n) is 5.60. The van der Waals surface area contributed by atoms with E-state index in [4.69, 9.17) is 9.84 Å². The zero-order valence-corrected chi connectivity index (χ0v) is 9.94. The molecule has 2 rings (SSSR count). The van der Waals surface area contributed by atoms with Crippen LogP contribution in [-0.2, 0) is 10.5 Å². The highest BCUT2D eigenvalue weighted by Crippen LogP contribution is 2.39. The van der Waals surface area contributed by atoms with Gasteiger partial charge >= 0.3 is 5.69 Å². The maximum Gasteiger partial charge on any atom is 0.330 e. The molecule has 10 heteroatoms. The predicted molar refractivity (Wildman–Crippen MR) is 59.3 cm³/mol. The Morgan fingerprint density at radius 2 is 2.10 bits per heavy atom. The van der Waals surface area contributed by atoms with E-state index < -0.39 is 48.3 Å². The van der Waals surface area contributed by atoms with E-state index >= 15 is 0 Å². The van der Waals surface area contributed by atoms with Crippen LogP contribution in [0.1, 0.15) is 0 Å². The van der Waals surface area contributed by atoms with Crippen molar-refractivity contribution in [2.24, 2.45) is 0 Å². The molecule has 1 aliphatic heterocycles. The van der Waals surface area contributed by atoms with Crippen molar-refractivity contribution in [2.45, 2.75) is 30.5 Å². The molecule has 112 valence electrons. The summed E-state index contributed by atoms with van der Waals surface area (Å²) in [7, 11) is 0. The maximum absolute atomic E-state index is 13.4. The maximum atomic E-state index is 13.4. The molecule has 0 spiro atoms. The average molecular weight is 294 g/mol. The first-order valence-corrected chi connectivity index (χ1v) is 5.60. The summed E-state index contributed by atoms with van der Waals surface area (Å²) in [5.41, 5.74) is -4.93. The highest BCUT2D eigenvalue weighted by atomic mass is 19.3. The van der Waals surface area contributed by atoms with E-state index in [9.17, 15) is 28.6 Å². The van der Waals surface area contributed by atoms with Crippen LogP contribution in [-0.4, -0.2) is 56.2 Å². The zero-order valence-electron chi connectivity index (χ0n) is 9.94. The molecule has 4 N–H and O–H groups in total. The van der Waals surface area contributed by atoms with Gasteiger partial charge in [0.05, 0.1) is 6.61 Å². The number of hydrogen-bond acceptors (Lipinski definition) is 6. The molecule has 0 unspecified atom stereocenters. The molecule has 4 atom stereocenters. The second kappa shape index (κ2) is 5.05. The number of alkyl halides is 2. The van der Waals surface area contributed by atoms with Crippen molar-refractivity contribution in [1.29, 1.82) is 0 Å². The summed E-state index contributed by atoms with van der Waals surface area (Å²) < 4.78 is 31.9. The van der Waals surface area contributed by atoms with Crippen molar-refractivity contribution in [3.63, 3.8) is 0 Å². The van der Waals surface area contributed by atoms with Crippen molar-refractivity contribution < 1.29 is 28.8 Å². The normalized spacial score (nSPS) is 33.8.